The molecule has 6 nitrogen and oxygen atoms in total. The van der Waals surface area contributed by atoms with Crippen molar-refractivity contribution in [1.82, 2.24) is 9.72 Å². The second-order valence-corrected chi connectivity index (χ2v) is 6.65. The summed E-state index contributed by atoms with van der Waals surface area (Å²) in [5.41, 5.74) is 3.03. The zero-order valence-electron chi connectivity index (χ0n) is 14.8. The van der Waals surface area contributed by atoms with E-state index in [0.717, 1.165) is 21.3 Å². The van der Waals surface area contributed by atoms with Crippen LogP contribution < -0.4 is 11.1 Å². The molecule has 0 radical (unpaired) electrons. The van der Waals surface area contributed by atoms with Crippen molar-refractivity contribution < 1.29 is 13.7 Å². The fraction of sp³-hybridized carbons (Fsp3) is 0.211. The Hall–Kier alpha value is -2.93. The molecule has 0 spiro atoms. The average Bonchev–Trinajstić information content (AvgIpc) is 2.93. The third-order valence-electron chi connectivity index (χ3n) is 4.03. The molecule has 1 aromatic heterocycles. The van der Waals surface area contributed by atoms with Crippen LogP contribution in [0.2, 0.25) is 5.02 Å². The van der Waals surface area contributed by atoms with Crippen molar-refractivity contribution in [2.75, 3.05) is 5.32 Å². The summed E-state index contributed by atoms with van der Waals surface area (Å²) in [5.74, 6) is -1.27. The van der Waals surface area contributed by atoms with Crippen LogP contribution in [0.1, 0.15) is 22.5 Å². The predicted molar refractivity (Wildman–Crippen MR) is 99.5 cm³/mol. The van der Waals surface area contributed by atoms with E-state index < -0.39 is 11.7 Å². The van der Waals surface area contributed by atoms with Gasteiger partial charge in [0.05, 0.1) is 10.7 Å². The van der Waals surface area contributed by atoms with E-state index in [2.05, 4.69) is 15.0 Å². The number of hydrogen-bond donors (Lipinski definition) is 1. The number of carbonyl (C=O) groups is 1. The fourth-order valence-corrected chi connectivity index (χ4v) is 3.13. The molecule has 1 amide bonds. The maximum Gasteiger partial charge on any atom is 0.442 e. The Balaban J connectivity index is 1.78. The zero-order valence-corrected chi connectivity index (χ0v) is 15.5. The topological polar surface area (TPSA) is 77.1 Å². The molecule has 3 rings (SSSR count). The Kier molecular flexibility index (Phi) is 5.41. The summed E-state index contributed by atoms with van der Waals surface area (Å²) >= 11 is 6.20. The average molecular weight is 390 g/mol. The van der Waals surface area contributed by atoms with Crippen molar-refractivity contribution in [3.05, 3.63) is 80.3 Å². The lowest BCUT2D eigenvalue weighted by Crippen LogP contribution is -2.27. The minimum Gasteiger partial charge on any atom is -0.323 e. The Morgan fingerprint density at radius 1 is 1.26 bits per heavy atom. The third kappa shape index (κ3) is 4.43. The summed E-state index contributed by atoms with van der Waals surface area (Å²) in [6, 6.07) is 9.42. The molecular weight excluding hydrogens is 373 g/mol. The lowest BCUT2D eigenvalue weighted by molar-refractivity contribution is -0.116. The highest BCUT2D eigenvalue weighted by atomic mass is 35.5. The number of aromatic nitrogens is 2. The normalized spacial score (nSPS) is 10.8. The van der Waals surface area contributed by atoms with Gasteiger partial charge in [-0.2, -0.15) is 0 Å². The number of halogens is 2. The number of nitrogens with one attached hydrogen (secondary N) is 1. The Morgan fingerprint density at radius 2 is 1.96 bits per heavy atom. The van der Waals surface area contributed by atoms with Gasteiger partial charge >= 0.3 is 5.76 Å². The van der Waals surface area contributed by atoms with Crippen molar-refractivity contribution in [2.45, 2.75) is 26.8 Å². The maximum absolute atomic E-state index is 13.0. The van der Waals surface area contributed by atoms with Gasteiger partial charge in [0.2, 0.25) is 5.91 Å². The molecule has 140 valence electrons. The predicted octanol–water partition coefficient (Wildman–Crippen LogP) is 3.48. The second-order valence-electron chi connectivity index (χ2n) is 6.24. The van der Waals surface area contributed by atoms with Crippen molar-refractivity contribution in [3.8, 4) is 0 Å². The summed E-state index contributed by atoms with van der Waals surface area (Å²) in [5, 5.41) is 6.86. The van der Waals surface area contributed by atoms with E-state index in [1.54, 1.807) is 18.2 Å². The molecule has 1 heterocycles. The van der Waals surface area contributed by atoms with E-state index in [1.807, 2.05) is 19.9 Å². The number of nitrogens with zero attached hydrogens (tertiary/aromatic N) is 2. The van der Waals surface area contributed by atoms with Gasteiger partial charge in [0.1, 0.15) is 12.4 Å². The molecule has 2 aromatic carbocycles. The summed E-state index contributed by atoms with van der Waals surface area (Å²) in [7, 11) is 0. The van der Waals surface area contributed by atoms with Crippen LogP contribution in [0.25, 0.3) is 0 Å². The Labute approximate surface area is 159 Å². The molecule has 0 aliphatic rings. The molecule has 0 atom stereocenters. The monoisotopic (exact) mass is 389 g/mol. The van der Waals surface area contributed by atoms with Gasteiger partial charge in [-0.3, -0.25) is 13.9 Å². The van der Waals surface area contributed by atoms with Gasteiger partial charge in [-0.1, -0.05) is 35.0 Å². The molecule has 0 fully saturated rings. The highest BCUT2D eigenvalue weighted by Gasteiger charge is 2.16. The number of carbonyl (C=O) groups excluding carboxylic acids is 1. The van der Waals surface area contributed by atoms with Gasteiger partial charge in [0.15, 0.2) is 5.82 Å². The van der Waals surface area contributed by atoms with Gasteiger partial charge in [0.25, 0.3) is 0 Å². The smallest absolute Gasteiger partial charge is 0.323 e. The van der Waals surface area contributed by atoms with Crippen LogP contribution >= 0.6 is 11.6 Å². The molecule has 0 saturated heterocycles. The first-order valence-corrected chi connectivity index (χ1v) is 8.57. The largest absolute Gasteiger partial charge is 0.442 e. The molecule has 8 heteroatoms. The summed E-state index contributed by atoms with van der Waals surface area (Å²) in [4.78, 5) is 24.3. The number of anilines is 1. The van der Waals surface area contributed by atoms with Crippen LogP contribution in [0.5, 0.6) is 0 Å². The van der Waals surface area contributed by atoms with E-state index >= 15 is 0 Å². The SMILES string of the molecule is Cc1cc(C)c(NC(=O)Cn2c(Cc3ccc(F)cc3)noc2=O)c(Cl)c1. The van der Waals surface area contributed by atoms with Gasteiger partial charge in [0, 0.05) is 6.42 Å². The highest BCUT2D eigenvalue weighted by molar-refractivity contribution is 6.34. The third-order valence-corrected chi connectivity index (χ3v) is 4.33. The van der Waals surface area contributed by atoms with Crippen LogP contribution in [0.15, 0.2) is 45.7 Å². The van der Waals surface area contributed by atoms with E-state index in [0.29, 0.717) is 10.7 Å². The van der Waals surface area contributed by atoms with Crippen LogP contribution in [0.3, 0.4) is 0 Å². The maximum atomic E-state index is 13.0. The zero-order chi connectivity index (χ0) is 19.6. The number of benzene rings is 2. The minimum absolute atomic E-state index is 0.226. The van der Waals surface area contributed by atoms with Gasteiger partial charge in [-0.25, -0.2) is 9.18 Å². The Morgan fingerprint density at radius 3 is 2.63 bits per heavy atom. The minimum atomic E-state index is -0.742. The van der Waals surface area contributed by atoms with Crippen LogP contribution in [0, 0.1) is 19.7 Å². The molecule has 0 aliphatic heterocycles. The molecule has 3 aromatic rings. The number of aryl methyl sites for hydroxylation is 2. The standard InChI is InChI=1S/C19H17ClFN3O3/c1-11-7-12(2)18(15(20)8-11)22-17(25)10-24-16(23-27-19(24)26)9-13-3-5-14(21)6-4-13/h3-8H,9-10H2,1-2H3,(H,22,25). The van der Waals surface area contributed by atoms with Gasteiger partial charge < -0.3 is 5.32 Å². The number of hydrogen-bond acceptors (Lipinski definition) is 4. The van der Waals surface area contributed by atoms with Crippen LogP contribution in [0.4, 0.5) is 10.1 Å². The first-order chi connectivity index (χ1) is 12.8. The van der Waals surface area contributed by atoms with Crippen molar-refractivity contribution in [1.29, 1.82) is 0 Å². The lowest BCUT2D eigenvalue weighted by atomic mass is 10.1. The van der Waals surface area contributed by atoms with Gasteiger partial charge in [-0.15, -0.1) is 0 Å². The first kappa shape index (κ1) is 18.8. The van der Waals surface area contributed by atoms with Gasteiger partial charge in [-0.05, 0) is 48.7 Å². The van der Waals surface area contributed by atoms with E-state index in [-0.39, 0.29) is 24.6 Å². The summed E-state index contributed by atoms with van der Waals surface area (Å²) < 4.78 is 18.8. The fourth-order valence-electron chi connectivity index (χ4n) is 2.76. The quantitative estimate of drug-likeness (QED) is 0.724. The van der Waals surface area contributed by atoms with E-state index in [9.17, 15) is 14.0 Å². The van der Waals surface area contributed by atoms with E-state index in [1.165, 1.54) is 12.1 Å². The van der Waals surface area contributed by atoms with Crippen LogP contribution in [-0.2, 0) is 17.8 Å². The second kappa shape index (κ2) is 7.75. The van der Waals surface area contributed by atoms with Crippen LogP contribution in [-0.4, -0.2) is 15.6 Å². The van der Waals surface area contributed by atoms with Crippen molar-refractivity contribution in [3.63, 3.8) is 0 Å². The molecular formula is C19H17ClFN3O3. The number of amides is 1. The lowest BCUT2D eigenvalue weighted by Gasteiger charge is -2.12. The first-order valence-electron chi connectivity index (χ1n) is 8.20. The summed E-state index contributed by atoms with van der Waals surface area (Å²) in [6.45, 7) is 3.46. The summed E-state index contributed by atoms with van der Waals surface area (Å²) in [6.07, 6.45) is 0.226. The molecule has 27 heavy (non-hydrogen) atoms. The molecule has 0 saturated carbocycles. The highest BCUT2D eigenvalue weighted by Crippen LogP contribution is 2.27. The van der Waals surface area contributed by atoms with E-state index in [4.69, 9.17) is 11.6 Å². The molecule has 0 aliphatic carbocycles. The number of rotatable bonds is 5. The molecule has 0 bridgehead atoms. The molecule has 1 N–H and O–H groups in total. The Bertz CT molecular complexity index is 1020. The molecule has 0 unspecified atom stereocenters. The van der Waals surface area contributed by atoms with Crippen molar-refractivity contribution >= 4 is 23.2 Å². The van der Waals surface area contributed by atoms with Crippen molar-refractivity contribution in [2.24, 2.45) is 0 Å².